The van der Waals surface area contributed by atoms with Crippen molar-refractivity contribution in [3.8, 4) is 0 Å². The molecule has 0 aromatic heterocycles. The number of hydrogen-bond acceptors (Lipinski definition) is 3. The Morgan fingerprint density at radius 2 is 2.36 bits per heavy atom. The number of thiol groups is 1. The highest BCUT2D eigenvalue weighted by Gasteiger charge is 2.17. The van der Waals surface area contributed by atoms with E-state index in [1.807, 2.05) is 0 Å². The maximum atomic E-state index is 4.44. The molecule has 1 saturated heterocycles. The second-order valence-electron chi connectivity index (χ2n) is 3.88. The maximum absolute atomic E-state index is 4.44. The van der Waals surface area contributed by atoms with Crippen LogP contribution in [0.1, 0.15) is 20.3 Å². The van der Waals surface area contributed by atoms with Gasteiger partial charge in [0, 0.05) is 23.9 Å². The van der Waals surface area contributed by atoms with Gasteiger partial charge in [-0.25, -0.2) is 0 Å². The highest BCUT2D eigenvalue weighted by Crippen LogP contribution is 2.10. The molecular weight excluding hydrogens is 156 g/mol. The van der Waals surface area contributed by atoms with E-state index in [1.165, 1.54) is 6.42 Å². The lowest BCUT2D eigenvalue weighted by atomic mass is 10.2. The topological polar surface area (TPSA) is 24.1 Å². The summed E-state index contributed by atoms with van der Waals surface area (Å²) in [4.78, 5) is 0. The number of hydrogen-bond donors (Lipinski definition) is 3. The minimum atomic E-state index is 0.114. The number of nitrogens with one attached hydrogen (secondary N) is 2. The standard InChI is InChI=1S/C8H18N2S/c1-8(2,11)6-10-7-3-4-9-5-7/h7,9-11H,3-6H2,1-2H3/t7-/m0/s1. The molecule has 2 N–H and O–H groups in total. The minimum absolute atomic E-state index is 0.114. The van der Waals surface area contributed by atoms with Crippen molar-refractivity contribution in [3.63, 3.8) is 0 Å². The molecule has 0 unspecified atom stereocenters. The van der Waals surface area contributed by atoms with Gasteiger partial charge in [0.15, 0.2) is 0 Å². The third kappa shape index (κ3) is 3.99. The van der Waals surface area contributed by atoms with Gasteiger partial charge in [0.05, 0.1) is 0 Å². The molecule has 0 aromatic carbocycles. The van der Waals surface area contributed by atoms with Crippen molar-refractivity contribution in [2.75, 3.05) is 19.6 Å². The van der Waals surface area contributed by atoms with Crippen molar-refractivity contribution < 1.29 is 0 Å². The average molecular weight is 174 g/mol. The van der Waals surface area contributed by atoms with Gasteiger partial charge in [-0.15, -0.1) is 0 Å². The summed E-state index contributed by atoms with van der Waals surface area (Å²) in [5.74, 6) is 0. The van der Waals surface area contributed by atoms with E-state index >= 15 is 0 Å². The molecule has 2 nitrogen and oxygen atoms in total. The van der Waals surface area contributed by atoms with E-state index < -0.39 is 0 Å². The molecule has 66 valence electrons. The van der Waals surface area contributed by atoms with Crippen molar-refractivity contribution in [1.82, 2.24) is 10.6 Å². The Balaban J connectivity index is 2.11. The largest absolute Gasteiger partial charge is 0.315 e. The zero-order chi connectivity index (χ0) is 8.32. The van der Waals surface area contributed by atoms with Crippen LogP contribution in [0, 0.1) is 0 Å². The molecule has 1 rings (SSSR count). The van der Waals surface area contributed by atoms with Crippen LogP contribution in [0.5, 0.6) is 0 Å². The van der Waals surface area contributed by atoms with Crippen LogP contribution >= 0.6 is 12.6 Å². The van der Waals surface area contributed by atoms with Gasteiger partial charge in [0.1, 0.15) is 0 Å². The maximum Gasteiger partial charge on any atom is 0.0205 e. The highest BCUT2D eigenvalue weighted by molar-refractivity contribution is 7.81. The van der Waals surface area contributed by atoms with Crippen molar-refractivity contribution >= 4 is 12.6 Å². The summed E-state index contributed by atoms with van der Waals surface area (Å²) in [6.45, 7) is 7.52. The Kier molecular flexibility index (Phi) is 3.22. The second kappa shape index (κ2) is 3.78. The van der Waals surface area contributed by atoms with Gasteiger partial charge in [0.2, 0.25) is 0 Å². The van der Waals surface area contributed by atoms with Crippen LogP contribution in [0.15, 0.2) is 0 Å². The summed E-state index contributed by atoms with van der Waals surface area (Å²) in [6, 6.07) is 0.668. The van der Waals surface area contributed by atoms with E-state index in [2.05, 4.69) is 37.1 Å². The van der Waals surface area contributed by atoms with Crippen molar-refractivity contribution in [1.29, 1.82) is 0 Å². The zero-order valence-corrected chi connectivity index (χ0v) is 8.25. The van der Waals surface area contributed by atoms with Gasteiger partial charge in [-0.3, -0.25) is 0 Å². The lowest BCUT2D eigenvalue weighted by Gasteiger charge is -2.20. The third-order valence-electron chi connectivity index (χ3n) is 1.88. The molecule has 0 radical (unpaired) electrons. The van der Waals surface area contributed by atoms with E-state index in [9.17, 15) is 0 Å². The number of rotatable bonds is 3. The Labute approximate surface area is 74.5 Å². The molecule has 0 amide bonds. The van der Waals surface area contributed by atoms with E-state index in [1.54, 1.807) is 0 Å². The van der Waals surface area contributed by atoms with E-state index in [-0.39, 0.29) is 4.75 Å². The molecule has 1 fully saturated rings. The highest BCUT2D eigenvalue weighted by atomic mass is 32.1. The molecule has 1 atom stereocenters. The van der Waals surface area contributed by atoms with E-state index in [0.29, 0.717) is 6.04 Å². The Morgan fingerprint density at radius 1 is 1.64 bits per heavy atom. The molecule has 0 aromatic rings. The Morgan fingerprint density at radius 3 is 2.82 bits per heavy atom. The van der Waals surface area contributed by atoms with Gasteiger partial charge in [-0.1, -0.05) is 0 Å². The van der Waals surface area contributed by atoms with Crippen LogP contribution in [-0.2, 0) is 0 Å². The average Bonchev–Trinajstić information content (AvgIpc) is 2.32. The summed E-state index contributed by atoms with van der Waals surface area (Å²) in [5, 5.41) is 6.80. The van der Waals surface area contributed by atoms with E-state index in [0.717, 1.165) is 19.6 Å². The smallest absolute Gasteiger partial charge is 0.0205 e. The van der Waals surface area contributed by atoms with Crippen LogP contribution < -0.4 is 10.6 Å². The first-order valence-corrected chi connectivity index (χ1v) is 4.69. The molecule has 1 aliphatic heterocycles. The summed E-state index contributed by atoms with van der Waals surface area (Å²) in [5.41, 5.74) is 0. The van der Waals surface area contributed by atoms with Crippen LogP contribution in [0.25, 0.3) is 0 Å². The van der Waals surface area contributed by atoms with Gasteiger partial charge < -0.3 is 10.6 Å². The summed E-state index contributed by atoms with van der Waals surface area (Å²) >= 11 is 4.44. The second-order valence-corrected chi connectivity index (χ2v) is 5.09. The predicted octanol–water partition coefficient (Wildman–Crippen LogP) is 0.646. The monoisotopic (exact) mass is 174 g/mol. The molecule has 3 heteroatoms. The van der Waals surface area contributed by atoms with E-state index in [4.69, 9.17) is 0 Å². The quantitative estimate of drug-likeness (QED) is 0.547. The molecule has 1 heterocycles. The predicted molar refractivity (Wildman–Crippen MR) is 52.3 cm³/mol. The third-order valence-corrected chi connectivity index (χ3v) is 2.04. The fraction of sp³-hybridized carbons (Fsp3) is 1.00. The fourth-order valence-corrected chi connectivity index (χ4v) is 1.31. The first kappa shape index (κ1) is 9.36. The first-order valence-electron chi connectivity index (χ1n) is 4.24. The minimum Gasteiger partial charge on any atom is -0.315 e. The van der Waals surface area contributed by atoms with Gasteiger partial charge in [0.25, 0.3) is 0 Å². The van der Waals surface area contributed by atoms with Crippen LogP contribution in [0.4, 0.5) is 0 Å². The van der Waals surface area contributed by atoms with Gasteiger partial charge in [-0.05, 0) is 26.8 Å². The van der Waals surface area contributed by atoms with Gasteiger partial charge >= 0.3 is 0 Å². The molecule has 1 aliphatic rings. The SMILES string of the molecule is CC(C)(S)CN[C@H]1CCNC1. The van der Waals surface area contributed by atoms with Crippen LogP contribution in [-0.4, -0.2) is 30.4 Å². The normalized spacial score (nSPS) is 25.9. The molecular formula is C8H18N2S. The molecule has 11 heavy (non-hydrogen) atoms. The van der Waals surface area contributed by atoms with Crippen molar-refractivity contribution in [2.24, 2.45) is 0 Å². The van der Waals surface area contributed by atoms with Crippen molar-refractivity contribution in [3.05, 3.63) is 0 Å². The van der Waals surface area contributed by atoms with Crippen LogP contribution in [0.2, 0.25) is 0 Å². The summed E-state index contributed by atoms with van der Waals surface area (Å²) < 4.78 is 0.114. The zero-order valence-electron chi connectivity index (χ0n) is 7.35. The Bertz CT molecular complexity index is 114. The molecule has 0 spiro atoms. The lowest BCUT2D eigenvalue weighted by molar-refractivity contribution is 0.507. The molecule has 0 bridgehead atoms. The van der Waals surface area contributed by atoms with Crippen LogP contribution in [0.3, 0.4) is 0 Å². The molecule has 0 saturated carbocycles. The fourth-order valence-electron chi connectivity index (χ4n) is 1.22. The van der Waals surface area contributed by atoms with Crippen molar-refractivity contribution in [2.45, 2.75) is 31.1 Å². The van der Waals surface area contributed by atoms with Gasteiger partial charge in [-0.2, -0.15) is 12.6 Å². The summed E-state index contributed by atoms with van der Waals surface area (Å²) in [6.07, 6.45) is 1.25. The molecule has 0 aliphatic carbocycles. The lowest BCUT2D eigenvalue weighted by Crippen LogP contribution is -2.38. The first-order chi connectivity index (χ1) is 5.08. The Hall–Kier alpha value is 0.270. The summed E-state index contributed by atoms with van der Waals surface area (Å²) in [7, 11) is 0.